The van der Waals surface area contributed by atoms with Gasteiger partial charge in [0.25, 0.3) is 0 Å². The highest BCUT2D eigenvalue weighted by molar-refractivity contribution is 7.17. The molecule has 11 heterocycles. The van der Waals surface area contributed by atoms with Crippen LogP contribution < -0.4 is 0 Å². The lowest BCUT2D eigenvalue weighted by molar-refractivity contribution is 0.418. The first-order valence-electron chi connectivity index (χ1n) is 29.4. The first-order valence-corrected chi connectivity index (χ1v) is 31.1. The summed E-state index contributed by atoms with van der Waals surface area (Å²) in [6.45, 7) is 34.9. The number of hydrogen-bond donors (Lipinski definition) is 0. The van der Waals surface area contributed by atoms with Gasteiger partial charge >= 0.3 is 0 Å². The number of aromatic nitrogens is 9. The van der Waals surface area contributed by atoms with Crippen molar-refractivity contribution in [3.8, 4) is 0 Å². The zero-order valence-corrected chi connectivity index (χ0v) is 54.1. The monoisotopic (exact) mass is 1160 g/mol. The van der Waals surface area contributed by atoms with Crippen LogP contribution in [0.5, 0.6) is 0 Å². The van der Waals surface area contributed by atoms with Crippen LogP contribution >= 0.6 is 22.7 Å². The molecule has 0 amide bonds. The Morgan fingerprint density at radius 2 is 0.833 bits per heavy atom. The Hall–Kier alpha value is -7.80. The molecule has 0 aliphatic carbocycles. The average Bonchev–Trinajstić information content (AvgIpc) is 4.48. The third kappa shape index (κ3) is 21.4. The van der Waals surface area contributed by atoms with Gasteiger partial charge in [0.1, 0.15) is 11.1 Å². The van der Waals surface area contributed by atoms with Gasteiger partial charge in [-0.1, -0.05) is 140 Å². The van der Waals surface area contributed by atoms with Crippen molar-refractivity contribution < 1.29 is 4.52 Å². The molecule has 11 aromatic heterocycles. The molecule has 0 radical (unpaired) electrons. The van der Waals surface area contributed by atoms with Crippen molar-refractivity contribution in [3.63, 3.8) is 0 Å². The summed E-state index contributed by atoms with van der Waals surface area (Å²) in [6, 6.07) is 37.3. The van der Waals surface area contributed by atoms with Crippen molar-refractivity contribution in [2.24, 2.45) is 0 Å². The van der Waals surface area contributed by atoms with E-state index in [-0.39, 0.29) is 0 Å². The van der Waals surface area contributed by atoms with Gasteiger partial charge in [-0.15, -0.1) is 22.7 Å². The number of pyridine rings is 7. The van der Waals surface area contributed by atoms with E-state index in [4.69, 9.17) is 0 Å². The topological polar surface area (TPSA) is 121 Å². The van der Waals surface area contributed by atoms with Crippen LogP contribution in [0.1, 0.15) is 203 Å². The van der Waals surface area contributed by atoms with Crippen molar-refractivity contribution in [3.05, 3.63) is 245 Å². The van der Waals surface area contributed by atoms with Crippen molar-refractivity contribution in [2.75, 3.05) is 0 Å². The number of rotatable bonds is 8. The van der Waals surface area contributed by atoms with Gasteiger partial charge < -0.3 is 4.52 Å². The SMILES string of the molecule is CC(C)c1ccnc2ccccc12.CC(C)c1ccnc2ccsc12.CC(C)c1ccnc2sccc12.CC(C)c1ccncc1.CC(C)c1ccncc1.CC(C)c1ccncc1.CC(C)c1cnn2ccccc12.CC(C)c1cnoc1. The maximum absolute atomic E-state index is 4.63. The van der Waals surface area contributed by atoms with E-state index < -0.39 is 0 Å². The quantitative estimate of drug-likeness (QED) is 0.146. The summed E-state index contributed by atoms with van der Waals surface area (Å²) in [7, 11) is 0. The van der Waals surface area contributed by atoms with E-state index >= 15 is 0 Å². The molecule has 0 atom stereocenters. The van der Waals surface area contributed by atoms with Crippen LogP contribution in [-0.4, -0.2) is 44.7 Å². The molecule has 0 N–H and O–H groups in total. The van der Waals surface area contributed by atoms with Crippen LogP contribution in [0.2, 0.25) is 0 Å². The lowest BCUT2D eigenvalue weighted by Gasteiger charge is -2.08. The first kappa shape index (κ1) is 67.0. The lowest BCUT2D eigenvalue weighted by Crippen LogP contribution is -1.90. The third-order valence-electron chi connectivity index (χ3n) is 13.6. The van der Waals surface area contributed by atoms with Crippen molar-refractivity contribution in [1.82, 2.24) is 44.7 Å². The normalized spacial score (nSPS) is 10.8. The second-order valence-electron chi connectivity index (χ2n) is 22.7. The van der Waals surface area contributed by atoms with Crippen LogP contribution in [-0.2, 0) is 0 Å². The Bertz CT molecular complexity index is 3470. The Balaban J connectivity index is 0.000000177. The average molecular weight is 1160 g/mol. The van der Waals surface area contributed by atoms with Gasteiger partial charge in [-0.3, -0.25) is 24.9 Å². The fourth-order valence-electron chi connectivity index (χ4n) is 8.51. The molecule has 12 aromatic rings. The molecule has 440 valence electrons. The van der Waals surface area contributed by atoms with Gasteiger partial charge in [0.2, 0.25) is 0 Å². The van der Waals surface area contributed by atoms with E-state index in [0.29, 0.717) is 47.3 Å². The molecule has 1 aromatic carbocycles. The standard InChI is InChI=1S/C12H13N.C10H12N2.2C10H11NS.3C8H11N.C6H9NO/c1-9(2)10-7-8-13-12-6-4-3-5-11(10)12;1-8(2)9-7-11-12-6-4-3-5-10(9)12;1-7(2)8-3-5-11-9-4-6-12-10(8)9;1-7(2)8-3-5-11-10-9(8)4-6-12-10;3*1-7(2)8-3-5-9-6-4-8;1-5(2)6-3-7-8-4-6/h3-9H,1-2H3;3-8H,1-2H3;2*3-7H,1-2H3;3*3-7H,1-2H3;3-5H,1-2H3. The third-order valence-corrected chi connectivity index (χ3v) is 15.4. The lowest BCUT2D eigenvalue weighted by atomic mass is 9.99. The summed E-state index contributed by atoms with van der Waals surface area (Å²) in [6.07, 6.45) is 24.0. The van der Waals surface area contributed by atoms with E-state index in [1.54, 1.807) is 35.1 Å². The number of para-hydroxylation sites is 1. The molecule has 0 fully saturated rings. The van der Waals surface area contributed by atoms with Gasteiger partial charge in [-0.05, 0) is 176 Å². The minimum absolute atomic E-state index is 0.529. The molecule has 0 aliphatic rings. The molecule has 0 bridgehead atoms. The number of benzene rings is 1. The second-order valence-corrected chi connectivity index (χ2v) is 24.5. The van der Waals surface area contributed by atoms with Crippen LogP contribution in [0.3, 0.4) is 0 Å². The Labute approximate surface area is 509 Å². The smallest absolute Gasteiger partial charge is 0.127 e. The predicted octanol–water partition coefficient (Wildman–Crippen LogP) is 21.1. The maximum atomic E-state index is 4.63. The highest BCUT2D eigenvalue weighted by Crippen LogP contribution is 2.29. The van der Waals surface area contributed by atoms with E-state index in [2.05, 4.69) is 221 Å². The minimum atomic E-state index is 0.529. The molecule has 12 rings (SSSR count). The zero-order chi connectivity index (χ0) is 61.0. The number of fused-ring (bicyclic) bond motifs is 4. The van der Waals surface area contributed by atoms with Crippen molar-refractivity contribution in [1.29, 1.82) is 0 Å². The summed E-state index contributed by atoms with van der Waals surface area (Å²) in [5.41, 5.74) is 14.2. The van der Waals surface area contributed by atoms with Crippen molar-refractivity contribution >= 4 is 59.5 Å². The summed E-state index contributed by atoms with van der Waals surface area (Å²) < 4.78 is 7.88. The summed E-state index contributed by atoms with van der Waals surface area (Å²) >= 11 is 3.49. The molecule has 0 aliphatic heterocycles. The molecule has 12 heteroatoms. The Morgan fingerprint density at radius 1 is 0.369 bits per heavy atom. The number of thiophene rings is 2. The fourth-order valence-corrected chi connectivity index (χ4v) is 10.3. The zero-order valence-electron chi connectivity index (χ0n) is 52.4. The molecule has 84 heavy (non-hydrogen) atoms. The van der Waals surface area contributed by atoms with E-state index in [9.17, 15) is 0 Å². The predicted molar refractivity (Wildman–Crippen MR) is 358 cm³/mol. The highest BCUT2D eigenvalue weighted by atomic mass is 32.1. The van der Waals surface area contributed by atoms with Crippen LogP contribution in [0.4, 0.5) is 0 Å². The van der Waals surface area contributed by atoms with E-state index in [0.717, 1.165) is 21.4 Å². The van der Waals surface area contributed by atoms with Crippen LogP contribution in [0.15, 0.2) is 205 Å². The summed E-state index contributed by atoms with van der Waals surface area (Å²) in [5, 5.41) is 14.6. The van der Waals surface area contributed by atoms with E-state index in [1.807, 2.05) is 127 Å². The van der Waals surface area contributed by atoms with Crippen molar-refractivity contribution in [2.45, 2.75) is 158 Å². The Kier molecular flexibility index (Phi) is 28.2. The number of hydrogen-bond acceptors (Lipinski definition) is 11. The molecule has 0 spiro atoms. The van der Waals surface area contributed by atoms with Gasteiger partial charge in [0, 0.05) is 83.9 Å². The minimum Gasteiger partial charge on any atom is -0.364 e. The van der Waals surface area contributed by atoms with Gasteiger partial charge in [-0.2, -0.15) is 5.10 Å². The molecule has 0 saturated heterocycles. The fraction of sp³-hybridized carbons (Fsp3) is 0.333. The molecule has 0 saturated carbocycles. The maximum Gasteiger partial charge on any atom is 0.127 e. The summed E-state index contributed by atoms with van der Waals surface area (Å²) in [5.74, 6) is 4.67. The first-order chi connectivity index (χ1) is 40.4. The van der Waals surface area contributed by atoms with E-state index in [1.165, 1.54) is 59.9 Å². The van der Waals surface area contributed by atoms with Gasteiger partial charge in [-0.25, -0.2) is 9.50 Å². The highest BCUT2D eigenvalue weighted by Gasteiger charge is 2.09. The second kappa shape index (κ2) is 35.4. The van der Waals surface area contributed by atoms with Crippen LogP contribution in [0.25, 0.3) is 36.9 Å². The molecule has 10 nitrogen and oxygen atoms in total. The molecule has 0 unspecified atom stereocenters. The van der Waals surface area contributed by atoms with Gasteiger partial charge in [0.05, 0.1) is 33.6 Å². The molecular weight excluding hydrogens is 1070 g/mol. The largest absolute Gasteiger partial charge is 0.364 e. The Morgan fingerprint density at radius 3 is 1.31 bits per heavy atom. The number of nitrogens with zero attached hydrogens (tertiary/aromatic N) is 9. The van der Waals surface area contributed by atoms with Gasteiger partial charge in [0.15, 0.2) is 0 Å². The summed E-state index contributed by atoms with van der Waals surface area (Å²) in [4.78, 5) is 25.9. The van der Waals surface area contributed by atoms with Crippen LogP contribution in [0, 0.1) is 0 Å². The molecular formula is C72H89N9OS2.